The van der Waals surface area contributed by atoms with E-state index in [9.17, 15) is 14.7 Å². The van der Waals surface area contributed by atoms with Crippen LogP contribution in [0.25, 0.3) is 0 Å². The fourth-order valence-electron chi connectivity index (χ4n) is 2.91. The Bertz CT molecular complexity index is 783. The van der Waals surface area contributed by atoms with E-state index in [1.807, 2.05) is 5.38 Å². The van der Waals surface area contributed by atoms with Crippen LogP contribution < -0.4 is 5.32 Å². The minimum Gasteiger partial charge on any atom is -0.478 e. The maximum Gasteiger partial charge on any atom is 0.335 e. The number of aryl methyl sites for hydroxylation is 1. The summed E-state index contributed by atoms with van der Waals surface area (Å²) in [6.07, 6.45) is 0.844. The third-order valence-corrected chi connectivity index (χ3v) is 5.33. The molecule has 1 aromatic carbocycles. The SMILES string of the molecule is COCc1cc(NC(=O)C2CC2c2sccc2C)cc(C(=O)O)c1. The Labute approximate surface area is 144 Å². The summed E-state index contributed by atoms with van der Waals surface area (Å²) in [6.45, 7) is 2.36. The van der Waals surface area contributed by atoms with Crippen molar-refractivity contribution in [1.82, 2.24) is 0 Å². The smallest absolute Gasteiger partial charge is 0.335 e. The number of carbonyl (C=O) groups excluding carboxylic acids is 1. The zero-order chi connectivity index (χ0) is 17.3. The lowest BCUT2D eigenvalue weighted by molar-refractivity contribution is -0.117. The fourth-order valence-corrected chi connectivity index (χ4v) is 4.02. The number of aromatic carboxylic acids is 1. The van der Waals surface area contributed by atoms with Gasteiger partial charge in [0.2, 0.25) is 5.91 Å². The van der Waals surface area contributed by atoms with Crippen LogP contribution in [0.4, 0.5) is 5.69 Å². The van der Waals surface area contributed by atoms with Gasteiger partial charge in [0.05, 0.1) is 12.2 Å². The molecule has 0 aliphatic heterocycles. The van der Waals surface area contributed by atoms with E-state index in [1.54, 1.807) is 30.6 Å². The van der Waals surface area contributed by atoms with Gasteiger partial charge in [-0.1, -0.05) is 0 Å². The zero-order valence-electron chi connectivity index (χ0n) is 13.5. The second kappa shape index (κ2) is 6.75. The maximum absolute atomic E-state index is 12.5. The third-order valence-electron chi connectivity index (χ3n) is 4.18. The Morgan fingerprint density at radius 3 is 2.79 bits per heavy atom. The van der Waals surface area contributed by atoms with Crippen LogP contribution in [0.3, 0.4) is 0 Å². The van der Waals surface area contributed by atoms with Crippen molar-refractivity contribution < 1.29 is 19.4 Å². The number of nitrogens with one attached hydrogen (secondary N) is 1. The molecule has 126 valence electrons. The summed E-state index contributed by atoms with van der Waals surface area (Å²) in [5.74, 6) is -0.839. The van der Waals surface area contributed by atoms with Crippen molar-refractivity contribution in [1.29, 1.82) is 0 Å². The van der Waals surface area contributed by atoms with Gasteiger partial charge in [-0.15, -0.1) is 11.3 Å². The topological polar surface area (TPSA) is 75.6 Å². The van der Waals surface area contributed by atoms with Crippen LogP contribution in [0.15, 0.2) is 29.6 Å². The van der Waals surface area contributed by atoms with E-state index in [4.69, 9.17) is 4.74 Å². The Morgan fingerprint density at radius 1 is 1.38 bits per heavy atom. The molecule has 5 nitrogen and oxygen atoms in total. The normalized spacial score (nSPS) is 19.1. The van der Waals surface area contributed by atoms with Gasteiger partial charge < -0.3 is 15.2 Å². The van der Waals surface area contributed by atoms with Gasteiger partial charge in [-0.05, 0) is 54.1 Å². The number of thiophene rings is 1. The first kappa shape index (κ1) is 16.7. The van der Waals surface area contributed by atoms with E-state index < -0.39 is 5.97 Å². The molecule has 24 heavy (non-hydrogen) atoms. The molecule has 3 rings (SSSR count). The zero-order valence-corrected chi connectivity index (χ0v) is 14.4. The largest absolute Gasteiger partial charge is 0.478 e. The molecule has 2 N–H and O–H groups in total. The summed E-state index contributed by atoms with van der Waals surface area (Å²) >= 11 is 1.69. The second-order valence-corrected chi connectivity index (χ2v) is 7.01. The van der Waals surface area contributed by atoms with Gasteiger partial charge in [-0.3, -0.25) is 4.79 Å². The van der Waals surface area contributed by atoms with Crippen LogP contribution in [0.2, 0.25) is 0 Å². The number of benzene rings is 1. The molecule has 0 saturated heterocycles. The summed E-state index contributed by atoms with van der Waals surface area (Å²) < 4.78 is 5.06. The summed E-state index contributed by atoms with van der Waals surface area (Å²) in [4.78, 5) is 25.0. The van der Waals surface area contributed by atoms with Gasteiger partial charge in [0, 0.05) is 29.5 Å². The van der Waals surface area contributed by atoms with Gasteiger partial charge in [0.15, 0.2) is 0 Å². The van der Waals surface area contributed by atoms with E-state index in [1.165, 1.54) is 16.5 Å². The second-order valence-electron chi connectivity index (χ2n) is 6.06. The highest BCUT2D eigenvalue weighted by Gasteiger charge is 2.45. The minimum atomic E-state index is -1.03. The number of carboxylic acid groups (broad SMARTS) is 1. The molecule has 1 amide bonds. The highest BCUT2D eigenvalue weighted by Crippen LogP contribution is 2.50. The number of carboxylic acids is 1. The van der Waals surface area contributed by atoms with E-state index >= 15 is 0 Å². The Balaban J connectivity index is 1.73. The standard InChI is InChI=1S/C18H19NO4S/c1-10-3-4-24-16(10)14-8-15(14)17(20)19-13-6-11(9-23-2)5-12(7-13)18(21)22/h3-7,14-15H,8-9H2,1-2H3,(H,19,20)(H,21,22). The van der Waals surface area contributed by atoms with Crippen LogP contribution in [-0.4, -0.2) is 24.1 Å². The number of carbonyl (C=O) groups is 2. The van der Waals surface area contributed by atoms with Gasteiger partial charge in [-0.2, -0.15) is 0 Å². The maximum atomic E-state index is 12.5. The molecule has 6 heteroatoms. The first-order valence-electron chi connectivity index (χ1n) is 7.70. The van der Waals surface area contributed by atoms with Crippen molar-refractivity contribution in [3.63, 3.8) is 0 Å². The van der Waals surface area contributed by atoms with Crippen molar-refractivity contribution in [3.8, 4) is 0 Å². The molecule has 2 unspecified atom stereocenters. The molecule has 2 aromatic rings. The number of amides is 1. The molecule has 1 aromatic heterocycles. The summed E-state index contributed by atoms with van der Waals surface area (Å²) in [6, 6.07) is 6.85. The number of rotatable bonds is 6. The van der Waals surface area contributed by atoms with Gasteiger partial charge >= 0.3 is 5.97 Å². The van der Waals surface area contributed by atoms with Crippen molar-refractivity contribution in [2.24, 2.45) is 5.92 Å². The fraction of sp³-hybridized carbons (Fsp3) is 0.333. The highest BCUT2D eigenvalue weighted by atomic mass is 32.1. The number of hydrogen-bond donors (Lipinski definition) is 2. The summed E-state index contributed by atoms with van der Waals surface area (Å²) in [7, 11) is 1.55. The minimum absolute atomic E-state index is 0.0401. The van der Waals surface area contributed by atoms with Crippen molar-refractivity contribution in [2.45, 2.75) is 25.9 Å². The monoisotopic (exact) mass is 345 g/mol. The molecule has 1 aliphatic rings. The summed E-state index contributed by atoms with van der Waals surface area (Å²) in [5, 5.41) is 14.1. The highest BCUT2D eigenvalue weighted by molar-refractivity contribution is 7.10. The summed E-state index contributed by atoms with van der Waals surface area (Å²) in [5.41, 5.74) is 2.59. The van der Waals surface area contributed by atoms with Crippen molar-refractivity contribution >= 4 is 28.9 Å². The number of ether oxygens (including phenoxy) is 1. The Morgan fingerprint density at radius 2 is 2.17 bits per heavy atom. The van der Waals surface area contributed by atoms with Crippen LogP contribution in [0, 0.1) is 12.8 Å². The molecule has 1 fully saturated rings. The average Bonchev–Trinajstić information content (AvgIpc) is 3.22. The predicted molar refractivity (Wildman–Crippen MR) is 92.6 cm³/mol. The quantitative estimate of drug-likeness (QED) is 0.838. The Hall–Kier alpha value is -2.18. The first-order valence-corrected chi connectivity index (χ1v) is 8.58. The van der Waals surface area contributed by atoms with Crippen LogP contribution in [0.5, 0.6) is 0 Å². The van der Waals surface area contributed by atoms with E-state index in [0.717, 1.165) is 6.42 Å². The molecule has 1 saturated carbocycles. The molecular weight excluding hydrogens is 326 g/mol. The molecule has 0 bridgehead atoms. The molecule has 1 heterocycles. The van der Waals surface area contributed by atoms with Gasteiger partial charge in [0.25, 0.3) is 0 Å². The number of anilines is 1. The van der Waals surface area contributed by atoms with Crippen LogP contribution in [-0.2, 0) is 16.1 Å². The molecule has 2 atom stereocenters. The molecule has 0 radical (unpaired) electrons. The van der Waals surface area contributed by atoms with Gasteiger partial charge in [-0.25, -0.2) is 4.79 Å². The van der Waals surface area contributed by atoms with Crippen molar-refractivity contribution in [2.75, 3.05) is 12.4 Å². The third kappa shape index (κ3) is 3.49. The first-order chi connectivity index (χ1) is 11.5. The molecular formula is C18H19NO4S. The Kier molecular flexibility index (Phi) is 4.69. The lowest BCUT2D eigenvalue weighted by Gasteiger charge is -2.09. The van der Waals surface area contributed by atoms with E-state index in [0.29, 0.717) is 17.9 Å². The van der Waals surface area contributed by atoms with Crippen molar-refractivity contribution in [3.05, 3.63) is 51.2 Å². The van der Waals surface area contributed by atoms with Gasteiger partial charge in [0.1, 0.15) is 0 Å². The average molecular weight is 345 g/mol. The van der Waals surface area contributed by atoms with E-state index in [-0.39, 0.29) is 23.3 Å². The lowest BCUT2D eigenvalue weighted by Crippen LogP contribution is -2.15. The molecule has 0 spiro atoms. The molecule has 1 aliphatic carbocycles. The number of methoxy groups -OCH3 is 1. The van der Waals surface area contributed by atoms with E-state index in [2.05, 4.69) is 18.3 Å². The predicted octanol–water partition coefficient (Wildman–Crippen LogP) is 3.64. The van der Waals surface area contributed by atoms with Crippen LogP contribution >= 0.6 is 11.3 Å². The lowest BCUT2D eigenvalue weighted by atomic mass is 10.1. The van der Waals surface area contributed by atoms with Crippen LogP contribution in [0.1, 0.15) is 38.7 Å². The number of hydrogen-bond acceptors (Lipinski definition) is 4.